The molecule has 8 nitrogen and oxygen atoms in total. The lowest BCUT2D eigenvalue weighted by molar-refractivity contribution is -0.197. The molecule has 0 aliphatic rings. The standard InChI is InChI=1S/C24H21ClFNO7/c1-4-32-22(30)24(34-13(3)28,23(31)33-5-2)19-17-12-16(26)10-11-18(17)27-20(19)21(29)14-6-8-15(25)9-7-14/h6-12,27H,4-5H2,1-3H3. The summed E-state index contributed by atoms with van der Waals surface area (Å²) in [5.74, 6) is -5.01. The zero-order valence-corrected chi connectivity index (χ0v) is 19.3. The van der Waals surface area contributed by atoms with Crippen molar-refractivity contribution in [3.05, 3.63) is 70.1 Å². The van der Waals surface area contributed by atoms with Crippen LogP contribution in [-0.4, -0.2) is 41.9 Å². The van der Waals surface area contributed by atoms with E-state index in [2.05, 4.69) is 4.98 Å². The van der Waals surface area contributed by atoms with Crippen LogP contribution < -0.4 is 0 Å². The molecule has 1 aromatic heterocycles. The molecule has 0 bridgehead atoms. The minimum atomic E-state index is -2.83. The molecule has 2 aromatic carbocycles. The number of carbonyl (C=O) groups excluding carboxylic acids is 4. The first-order valence-electron chi connectivity index (χ1n) is 10.3. The number of esters is 3. The molecule has 0 aliphatic carbocycles. The van der Waals surface area contributed by atoms with Gasteiger partial charge in [0.2, 0.25) is 5.78 Å². The van der Waals surface area contributed by atoms with E-state index in [0.717, 1.165) is 19.1 Å². The van der Waals surface area contributed by atoms with E-state index in [-0.39, 0.29) is 35.4 Å². The van der Waals surface area contributed by atoms with Crippen LogP contribution in [0.4, 0.5) is 4.39 Å². The van der Waals surface area contributed by atoms with Crippen LogP contribution in [0.1, 0.15) is 42.4 Å². The van der Waals surface area contributed by atoms with Crippen LogP contribution in [0.2, 0.25) is 5.02 Å². The Labute approximate surface area is 198 Å². The van der Waals surface area contributed by atoms with Crippen LogP contribution in [0.5, 0.6) is 0 Å². The van der Waals surface area contributed by atoms with Crippen molar-refractivity contribution < 1.29 is 37.8 Å². The molecule has 0 spiro atoms. The van der Waals surface area contributed by atoms with E-state index < -0.39 is 40.7 Å². The lowest BCUT2D eigenvalue weighted by Crippen LogP contribution is -2.50. The van der Waals surface area contributed by atoms with Crippen LogP contribution in [-0.2, 0) is 34.2 Å². The number of benzene rings is 2. The normalized spacial score (nSPS) is 11.2. The highest BCUT2D eigenvalue weighted by atomic mass is 35.5. The number of ketones is 1. The van der Waals surface area contributed by atoms with Crippen LogP contribution in [0, 0.1) is 5.82 Å². The maximum absolute atomic E-state index is 14.3. The summed E-state index contributed by atoms with van der Waals surface area (Å²) < 4.78 is 29.8. The maximum Gasteiger partial charge on any atom is 0.367 e. The van der Waals surface area contributed by atoms with Gasteiger partial charge in [-0.3, -0.25) is 9.59 Å². The van der Waals surface area contributed by atoms with Crippen molar-refractivity contribution in [1.82, 2.24) is 4.98 Å². The van der Waals surface area contributed by atoms with Gasteiger partial charge in [-0.1, -0.05) is 11.6 Å². The molecular weight excluding hydrogens is 469 g/mol. The summed E-state index contributed by atoms with van der Waals surface area (Å²) in [5, 5.41) is 0.336. The summed E-state index contributed by atoms with van der Waals surface area (Å²) in [7, 11) is 0. The van der Waals surface area contributed by atoms with Gasteiger partial charge in [0, 0.05) is 28.4 Å². The fourth-order valence-electron chi connectivity index (χ4n) is 3.55. The van der Waals surface area contributed by atoms with E-state index in [9.17, 15) is 23.6 Å². The summed E-state index contributed by atoms with van der Waals surface area (Å²) in [6, 6.07) is 9.28. The maximum atomic E-state index is 14.3. The average molecular weight is 490 g/mol. The predicted octanol–water partition coefficient (Wildman–Crippen LogP) is 4.08. The SMILES string of the molecule is CCOC(=O)C(OC(C)=O)(C(=O)OCC)c1c(C(=O)c2ccc(Cl)cc2)[nH]c2ccc(F)cc12. The molecule has 1 heterocycles. The number of ether oxygens (including phenoxy) is 3. The molecule has 1 N–H and O–H groups in total. The number of rotatable bonds is 8. The molecule has 178 valence electrons. The predicted molar refractivity (Wildman–Crippen MR) is 120 cm³/mol. The topological polar surface area (TPSA) is 112 Å². The van der Waals surface area contributed by atoms with Crippen molar-refractivity contribution in [1.29, 1.82) is 0 Å². The van der Waals surface area contributed by atoms with Gasteiger partial charge in [0.1, 0.15) is 5.82 Å². The van der Waals surface area contributed by atoms with E-state index >= 15 is 0 Å². The van der Waals surface area contributed by atoms with Crippen molar-refractivity contribution in [2.45, 2.75) is 26.4 Å². The second-order valence-corrected chi connectivity index (χ2v) is 7.55. The molecule has 34 heavy (non-hydrogen) atoms. The number of halogens is 2. The number of fused-ring (bicyclic) bond motifs is 1. The number of nitrogens with one attached hydrogen (secondary N) is 1. The quantitative estimate of drug-likeness (QED) is 0.219. The summed E-state index contributed by atoms with van der Waals surface area (Å²) in [4.78, 5) is 55.0. The number of H-pyrrole nitrogens is 1. The fourth-order valence-corrected chi connectivity index (χ4v) is 3.67. The summed E-state index contributed by atoms with van der Waals surface area (Å²) in [5.41, 5.74) is -3.17. The lowest BCUT2D eigenvalue weighted by Gasteiger charge is -2.29. The Hall–Kier alpha value is -3.72. The Bertz CT molecular complexity index is 1250. The number of aromatic amines is 1. The van der Waals surface area contributed by atoms with Crippen molar-refractivity contribution in [2.24, 2.45) is 0 Å². The third-order valence-corrected chi connectivity index (χ3v) is 5.12. The average Bonchev–Trinajstić information content (AvgIpc) is 3.16. The summed E-state index contributed by atoms with van der Waals surface area (Å²) in [6.45, 7) is 3.58. The third-order valence-electron chi connectivity index (χ3n) is 4.87. The Morgan fingerprint density at radius 1 is 0.971 bits per heavy atom. The molecule has 0 atom stereocenters. The minimum absolute atomic E-state index is 0.0420. The largest absolute Gasteiger partial charge is 0.462 e. The van der Waals surface area contributed by atoms with Crippen LogP contribution >= 0.6 is 11.6 Å². The van der Waals surface area contributed by atoms with Gasteiger partial charge >= 0.3 is 23.5 Å². The molecule has 0 fully saturated rings. The highest BCUT2D eigenvalue weighted by molar-refractivity contribution is 6.30. The van der Waals surface area contributed by atoms with Gasteiger partial charge in [-0.2, -0.15) is 0 Å². The van der Waals surface area contributed by atoms with Gasteiger partial charge < -0.3 is 19.2 Å². The fraction of sp³-hybridized carbons (Fsp3) is 0.250. The molecule has 0 saturated carbocycles. The second-order valence-electron chi connectivity index (χ2n) is 7.12. The Balaban J connectivity index is 2.44. The molecule has 0 unspecified atom stereocenters. The zero-order chi connectivity index (χ0) is 25.0. The first-order chi connectivity index (χ1) is 16.1. The monoisotopic (exact) mass is 489 g/mol. The van der Waals surface area contributed by atoms with Crippen molar-refractivity contribution in [3.8, 4) is 0 Å². The number of aromatic nitrogens is 1. The van der Waals surface area contributed by atoms with Crippen molar-refractivity contribution in [3.63, 3.8) is 0 Å². The highest BCUT2D eigenvalue weighted by Gasteiger charge is 2.58. The van der Waals surface area contributed by atoms with E-state index in [1.165, 1.54) is 44.2 Å². The molecule has 0 radical (unpaired) electrons. The van der Waals surface area contributed by atoms with E-state index in [1.807, 2.05) is 0 Å². The molecule has 3 rings (SSSR count). The highest BCUT2D eigenvalue weighted by Crippen LogP contribution is 2.39. The van der Waals surface area contributed by atoms with Crippen LogP contribution in [0.3, 0.4) is 0 Å². The summed E-state index contributed by atoms with van der Waals surface area (Å²) in [6.07, 6.45) is 0. The Morgan fingerprint density at radius 3 is 2.09 bits per heavy atom. The van der Waals surface area contributed by atoms with E-state index in [1.54, 1.807) is 0 Å². The molecule has 0 amide bonds. The first-order valence-corrected chi connectivity index (χ1v) is 10.7. The second kappa shape index (κ2) is 10.0. The van der Waals surface area contributed by atoms with Gasteiger partial charge in [0.05, 0.1) is 24.5 Å². The van der Waals surface area contributed by atoms with Gasteiger partial charge in [-0.15, -0.1) is 0 Å². The Kier molecular flexibility index (Phi) is 7.36. The van der Waals surface area contributed by atoms with Gasteiger partial charge in [0.25, 0.3) is 0 Å². The minimum Gasteiger partial charge on any atom is -0.462 e. The molecule has 0 aliphatic heterocycles. The van der Waals surface area contributed by atoms with Crippen molar-refractivity contribution >= 4 is 46.2 Å². The van der Waals surface area contributed by atoms with Gasteiger partial charge in [-0.25, -0.2) is 14.0 Å². The zero-order valence-electron chi connectivity index (χ0n) is 18.6. The van der Waals surface area contributed by atoms with E-state index in [0.29, 0.717) is 5.02 Å². The summed E-state index contributed by atoms with van der Waals surface area (Å²) >= 11 is 5.92. The van der Waals surface area contributed by atoms with Gasteiger partial charge in [0.15, 0.2) is 0 Å². The van der Waals surface area contributed by atoms with Gasteiger partial charge in [-0.05, 0) is 56.3 Å². The third kappa shape index (κ3) is 4.51. The van der Waals surface area contributed by atoms with Crippen LogP contribution in [0.15, 0.2) is 42.5 Å². The lowest BCUT2D eigenvalue weighted by atomic mass is 9.88. The van der Waals surface area contributed by atoms with E-state index in [4.69, 9.17) is 25.8 Å². The molecule has 3 aromatic rings. The van der Waals surface area contributed by atoms with Crippen LogP contribution in [0.25, 0.3) is 10.9 Å². The number of hydrogen-bond acceptors (Lipinski definition) is 7. The first kappa shape index (κ1) is 24.9. The molecular formula is C24H21ClFNO7. The van der Waals surface area contributed by atoms with Crippen molar-refractivity contribution in [2.75, 3.05) is 13.2 Å². The molecule has 10 heteroatoms. The number of hydrogen-bond donors (Lipinski definition) is 1. The molecule has 0 saturated heterocycles. The Morgan fingerprint density at radius 2 is 1.56 bits per heavy atom. The number of carbonyl (C=O) groups is 4. The smallest absolute Gasteiger partial charge is 0.367 e.